The lowest BCUT2D eigenvalue weighted by atomic mass is 10.1. The molecule has 1 aromatic heterocycles. The number of halogens is 1. The van der Waals surface area contributed by atoms with Crippen molar-refractivity contribution in [1.29, 1.82) is 0 Å². The topological polar surface area (TPSA) is 46.9 Å². The normalized spacial score (nSPS) is 11.2. The first-order valence-electron chi connectivity index (χ1n) is 12.2. The number of nitrogens with one attached hydrogen (secondary N) is 1. The van der Waals surface area contributed by atoms with Gasteiger partial charge in [0.2, 0.25) is 0 Å². The third-order valence-corrected chi connectivity index (χ3v) is 5.98. The summed E-state index contributed by atoms with van der Waals surface area (Å²) in [7, 11) is 0. The Morgan fingerprint density at radius 2 is 1.50 bits per heavy atom. The molecule has 1 N–H and O–H groups in total. The summed E-state index contributed by atoms with van der Waals surface area (Å²) in [5.41, 5.74) is 2.50. The largest absolute Gasteiger partial charge is 0.345 e. The number of imidazole rings is 1. The van der Waals surface area contributed by atoms with E-state index in [1.165, 1.54) is 82.1 Å². The minimum Gasteiger partial charge on any atom is -0.345 e. The molecular formula is C27H36FN3O. The van der Waals surface area contributed by atoms with Crippen LogP contribution in [0.15, 0.2) is 48.5 Å². The average molecular weight is 438 g/mol. The van der Waals surface area contributed by atoms with Gasteiger partial charge in [-0.15, -0.1) is 0 Å². The van der Waals surface area contributed by atoms with Gasteiger partial charge in [-0.25, -0.2) is 9.37 Å². The molecule has 1 heterocycles. The van der Waals surface area contributed by atoms with Crippen LogP contribution in [0, 0.1) is 5.82 Å². The van der Waals surface area contributed by atoms with Gasteiger partial charge in [-0.05, 0) is 42.8 Å². The van der Waals surface area contributed by atoms with Crippen LogP contribution in [0.4, 0.5) is 4.39 Å². The third-order valence-electron chi connectivity index (χ3n) is 5.98. The molecule has 0 atom stereocenters. The number of unbranched alkanes of at least 4 members (excludes halogenated alkanes) is 9. The summed E-state index contributed by atoms with van der Waals surface area (Å²) in [5.74, 6) is 0.292. The molecule has 0 saturated heterocycles. The van der Waals surface area contributed by atoms with Crippen molar-refractivity contribution in [3.8, 4) is 0 Å². The van der Waals surface area contributed by atoms with Crippen LogP contribution in [0.5, 0.6) is 0 Å². The van der Waals surface area contributed by atoms with E-state index in [0.717, 1.165) is 29.8 Å². The van der Waals surface area contributed by atoms with Crippen molar-refractivity contribution >= 4 is 16.9 Å². The lowest BCUT2D eigenvalue weighted by molar-refractivity contribution is 0.0949. The van der Waals surface area contributed by atoms with Crippen LogP contribution < -0.4 is 5.32 Å². The van der Waals surface area contributed by atoms with Crippen molar-refractivity contribution < 1.29 is 9.18 Å². The molecule has 0 fully saturated rings. The fourth-order valence-electron chi connectivity index (χ4n) is 4.13. The summed E-state index contributed by atoms with van der Waals surface area (Å²) >= 11 is 0. The highest BCUT2D eigenvalue weighted by Crippen LogP contribution is 2.18. The molecule has 3 rings (SSSR count). The van der Waals surface area contributed by atoms with E-state index in [9.17, 15) is 9.18 Å². The fraction of sp³-hybridized carbons (Fsp3) is 0.481. The molecule has 3 aromatic rings. The molecule has 4 nitrogen and oxygen atoms in total. The Hall–Kier alpha value is -2.69. The second-order valence-electron chi connectivity index (χ2n) is 8.54. The highest BCUT2D eigenvalue weighted by molar-refractivity contribution is 5.94. The number of carbonyl (C=O) groups excluding carboxylic acids is 1. The number of benzene rings is 2. The van der Waals surface area contributed by atoms with Crippen LogP contribution in [0.25, 0.3) is 11.0 Å². The number of hydrogen-bond acceptors (Lipinski definition) is 2. The van der Waals surface area contributed by atoms with Crippen molar-refractivity contribution in [1.82, 2.24) is 14.9 Å². The van der Waals surface area contributed by atoms with E-state index < -0.39 is 0 Å². The first kappa shape index (κ1) is 24.0. The Labute approximate surface area is 191 Å². The Kier molecular flexibility index (Phi) is 9.73. The average Bonchev–Trinajstić information content (AvgIpc) is 3.16. The highest BCUT2D eigenvalue weighted by Gasteiger charge is 2.12. The molecule has 172 valence electrons. The van der Waals surface area contributed by atoms with E-state index in [4.69, 9.17) is 4.98 Å². The number of hydrogen-bond donors (Lipinski definition) is 1. The SMILES string of the molecule is CCCCCCCCCCCCn1c(CNC(=O)c2ccc(F)cc2)nc2ccccc21. The van der Waals surface area contributed by atoms with Crippen molar-refractivity contribution in [3.63, 3.8) is 0 Å². The summed E-state index contributed by atoms with van der Waals surface area (Å²) in [6.45, 7) is 3.51. The highest BCUT2D eigenvalue weighted by atomic mass is 19.1. The molecule has 0 aliphatic rings. The summed E-state index contributed by atoms with van der Waals surface area (Å²) in [6.07, 6.45) is 13.0. The molecule has 0 unspecified atom stereocenters. The summed E-state index contributed by atoms with van der Waals surface area (Å²) in [6, 6.07) is 13.7. The van der Waals surface area contributed by atoms with Gasteiger partial charge in [-0.3, -0.25) is 4.79 Å². The van der Waals surface area contributed by atoms with Crippen LogP contribution >= 0.6 is 0 Å². The predicted molar refractivity (Wildman–Crippen MR) is 129 cm³/mol. The number of nitrogens with zero attached hydrogens (tertiary/aromatic N) is 2. The van der Waals surface area contributed by atoms with Gasteiger partial charge in [0.05, 0.1) is 17.6 Å². The van der Waals surface area contributed by atoms with Crippen molar-refractivity contribution in [2.75, 3.05) is 0 Å². The molecule has 5 heteroatoms. The number of fused-ring (bicyclic) bond motifs is 1. The molecule has 0 spiro atoms. The quantitative estimate of drug-likeness (QED) is 0.275. The zero-order valence-corrected chi connectivity index (χ0v) is 19.3. The van der Waals surface area contributed by atoms with E-state index in [1.54, 1.807) is 0 Å². The van der Waals surface area contributed by atoms with Gasteiger partial charge in [0.15, 0.2) is 0 Å². The van der Waals surface area contributed by atoms with Crippen LogP contribution in [0.3, 0.4) is 0 Å². The van der Waals surface area contributed by atoms with Gasteiger partial charge in [-0.1, -0.05) is 76.8 Å². The first-order valence-corrected chi connectivity index (χ1v) is 12.2. The maximum Gasteiger partial charge on any atom is 0.251 e. The molecule has 0 aliphatic carbocycles. The van der Waals surface area contributed by atoms with Gasteiger partial charge in [-0.2, -0.15) is 0 Å². The van der Waals surface area contributed by atoms with Crippen LogP contribution in [0.1, 0.15) is 87.3 Å². The molecule has 0 bridgehead atoms. The smallest absolute Gasteiger partial charge is 0.251 e. The molecule has 1 amide bonds. The van der Waals surface area contributed by atoms with Gasteiger partial charge in [0.1, 0.15) is 11.6 Å². The summed E-state index contributed by atoms with van der Waals surface area (Å²) in [5, 5.41) is 2.93. The molecule has 0 radical (unpaired) electrons. The number of amides is 1. The molecule has 2 aromatic carbocycles. The minimum absolute atomic E-state index is 0.220. The van der Waals surface area contributed by atoms with E-state index in [-0.39, 0.29) is 11.7 Å². The van der Waals surface area contributed by atoms with E-state index in [0.29, 0.717) is 12.1 Å². The van der Waals surface area contributed by atoms with Crippen molar-refractivity contribution in [2.24, 2.45) is 0 Å². The fourth-order valence-corrected chi connectivity index (χ4v) is 4.13. The number of rotatable bonds is 14. The standard InChI is InChI=1S/C27H36FN3O/c1-2-3-4-5-6-7-8-9-10-13-20-31-25-15-12-11-14-24(25)30-26(31)21-29-27(32)22-16-18-23(28)19-17-22/h11-12,14-19H,2-10,13,20-21H2,1H3,(H,29,32). The number of para-hydroxylation sites is 2. The maximum absolute atomic E-state index is 13.1. The number of aromatic nitrogens is 2. The van der Waals surface area contributed by atoms with Crippen LogP contribution in [0.2, 0.25) is 0 Å². The zero-order chi connectivity index (χ0) is 22.6. The van der Waals surface area contributed by atoms with Crippen molar-refractivity contribution in [2.45, 2.75) is 84.2 Å². The third kappa shape index (κ3) is 7.18. The zero-order valence-electron chi connectivity index (χ0n) is 19.3. The lowest BCUT2D eigenvalue weighted by Gasteiger charge is -2.10. The van der Waals surface area contributed by atoms with Gasteiger partial charge < -0.3 is 9.88 Å². The minimum atomic E-state index is -0.347. The predicted octanol–water partition coefficient (Wildman–Crippen LogP) is 7.03. The molecule has 32 heavy (non-hydrogen) atoms. The van der Waals surface area contributed by atoms with E-state index in [1.807, 2.05) is 18.2 Å². The number of carbonyl (C=O) groups is 1. The number of aryl methyl sites for hydroxylation is 1. The van der Waals surface area contributed by atoms with Crippen LogP contribution in [-0.2, 0) is 13.1 Å². The second-order valence-corrected chi connectivity index (χ2v) is 8.54. The first-order chi connectivity index (χ1) is 15.7. The Morgan fingerprint density at radius 3 is 2.19 bits per heavy atom. The maximum atomic E-state index is 13.1. The van der Waals surface area contributed by atoms with Crippen LogP contribution in [-0.4, -0.2) is 15.5 Å². The molecule has 0 saturated carbocycles. The molecular weight excluding hydrogens is 401 g/mol. The van der Waals surface area contributed by atoms with E-state index in [2.05, 4.69) is 22.9 Å². The summed E-state index contributed by atoms with van der Waals surface area (Å²) in [4.78, 5) is 17.2. The van der Waals surface area contributed by atoms with Gasteiger partial charge >= 0.3 is 0 Å². The summed E-state index contributed by atoms with van der Waals surface area (Å²) < 4.78 is 15.3. The van der Waals surface area contributed by atoms with Crippen molar-refractivity contribution in [3.05, 3.63) is 65.7 Å². The second kappa shape index (κ2) is 13.0. The Balaban J connectivity index is 1.49. The monoisotopic (exact) mass is 437 g/mol. The van der Waals surface area contributed by atoms with E-state index >= 15 is 0 Å². The molecule has 0 aliphatic heterocycles. The Morgan fingerprint density at radius 1 is 0.875 bits per heavy atom. The lowest BCUT2D eigenvalue weighted by Crippen LogP contribution is -2.24. The van der Waals surface area contributed by atoms with Gasteiger partial charge in [0, 0.05) is 12.1 Å². The Bertz CT molecular complexity index is 965. The van der Waals surface area contributed by atoms with Gasteiger partial charge in [0.25, 0.3) is 5.91 Å².